The second-order valence-electron chi connectivity index (χ2n) is 7.85. The van der Waals surface area contributed by atoms with Gasteiger partial charge in [-0.3, -0.25) is 14.3 Å². The molecule has 0 bridgehead atoms. The Morgan fingerprint density at radius 2 is 1.70 bits per heavy atom. The average molecular weight is 475 g/mol. The van der Waals surface area contributed by atoms with Crippen LogP contribution in [0.5, 0.6) is 11.5 Å². The van der Waals surface area contributed by atoms with E-state index in [1.54, 1.807) is 51.4 Å². The Morgan fingerprint density at radius 3 is 2.24 bits per heavy atom. The average Bonchev–Trinajstić information content (AvgIpc) is 2.78. The molecule has 3 aromatic rings. The Kier molecular flexibility index (Phi) is 11.1. The predicted molar refractivity (Wildman–Crippen MR) is 135 cm³/mol. The number of methoxy groups -OCH3 is 1. The molecule has 3 rings (SSSR count). The van der Waals surface area contributed by atoms with E-state index in [0.717, 1.165) is 5.02 Å². The summed E-state index contributed by atoms with van der Waals surface area (Å²) < 4.78 is 12.4. The molecule has 0 saturated heterocycles. The summed E-state index contributed by atoms with van der Waals surface area (Å²) in [6, 6.07) is 11.1. The highest BCUT2D eigenvalue weighted by Gasteiger charge is 2.16. The van der Waals surface area contributed by atoms with Gasteiger partial charge in [-0.15, -0.1) is 0 Å². The lowest BCUT2D eigenvalue weighted by Crippen LogP contribution is -2.28. The smallest absolute Gasteiger partial charge is 0.276 e. The van der Waals surface area contributed by atoms with Crippen LogP contribution in [-0.4, -0.2) is 34.0 Å². The Labute approximate surface area is 201 Å². The molecule has 0 aliphatic heterocycles. The number of halogens is 1. The van der Waals surface area contributed by atoms with Crippen molar-refractivity contribution in [2.45, 2.75) is 54.1 Å². The third-order valence-electron chi connectivity index (χ3n) is 4.49. The third kappa shape index (κ3) is 8.91. The maximum Gasteiger partial charge on any atom is 0.276 e. The first-order chi connectivity index (χ1) is 15.5. The fourth-order valence-corrected chi connectivity index (χ4v) is 2.82. The summed E-state index contributed by atoms with van der Waals surface area (Å²) in [5.41, 5.74) is 2.49. The van der Waals surface area contributed by atoms with Crippen molar-refractivity contribution in [3.8, 4) is 17.2 Å². The van der Waals surface area contributed by atoms with E-state index < -0.39 is 5.60 Å². The molecule has 33 heavy (non-hydrogen) atoms. The molecule has 0 atom stereocenters. The van der Waals surface area contributed by atoms with E-state index in [1.165, 1.54) is 22.8 Å². The van der Waals surface area contributed by atoms with Gasteiger partial charge in [0, 0.05) is 23.5 Å². The van der Waals surface area contributed by atoms with Crippen molar-refractivity contribution in [1.29, 1.82) is 0 Å². The zero-order valence-corrected chi connectivity index (χ0v) is 21.5. The van der Waals surface area contributed by atoms with Crippen molar-refractivity contribution >= 4 is 11.6 Å². The lowest BCUT2D eigenvalue weighted by Gasteiger charge is -2.19. The molecule has 0 spiro atoms. The summed E-state index contributed by atoms with van der Waals surface area (Å²) in [6.45, 7) is 13.3. The lowest BCUT2D eigenvalue weighted by molar-refractivity contribution is 0.0276. The minimum Gasteiger partial charge on any atom is -0.493 e. The van der Waals surface area contributed by atoms with Crippen LogP contribution in [0.3, 0.4) is 0 Å². The number of nitrogens with zero attached hydrogens (tertiary/aromatic N) is 2. The quantitative estimate of drug-likeness (QED) is 0.514. The molecule has 1 aromatic heterocycles. The monoisotopic (exact) mass is 474 g/mol. The van der Waals surface area contributed by atoms with Gasteiger partial charge in [0.05, 0.1) is 18.4 Å². The van der Waals surface area contributed by atoms with E-state index in [2.05, 4.69) is 18.8 Å². The predicted octanol–water partition coefficient (Wildman–Crippen LogP) is 5.68. The second kappa shape index (κ2) is 13.0. The van der Waals surface area contributed by atoms with Crippen LogP contribution in [0, 0.1) is 20.8 Å². The van der Waals surface area contributed by atoms with E-state index in [9.17, 15) is 9.90 Å². The summed E-state index contributed by atoms with van der Waals surface area (Å²) in [4.78, 5) is 16.1. The van der Waals surface area contributed by atoms with E-state index in [1.807, 2.05) is 32.0 Å². The van der Waals surface area contributed by atoms with Gasteiger partial charge in [0.25, 0.3) is 5.56 Å². The standard InChI is InChI=1S/C16H20N2O4.C8H9Cl.C2H6/c1-11-15(19)18(8-7-17-11)12-5-6-13(14(9-12)21-4)22-10-16(2,3)20;1-6-3-4-8(9)5-7(6)2;1-2/h5-9,20H,10H2,1-4H3;3-5H,1-2H3;1-2H3. The van der Waals surface area contributed by atoms with Crippen molar-refractivity contribution in [2.75, 3.05) is 13.7 Å². The van der Waals surface area contributed by atoms with Crippen molar-refractivity contribution < 1.29 is 14.6 Å². The Morgan fingerprint density at radius 1 is 1.03 bits per heavy atom. The van der Waals surface area contributed by atoms with Gasteiger partial charge in [-0.25, -0.2) is 0 Å². The topological polar surface area (TPSA) is 73.6 Å². The van der Waals surface area contributed by atoms with Crippen LogP contribution in [0.1, 0.15) is 44.5 Å². The molecule has 0 radical (unpaired) electrons. The highest BCUT2D eigenvalue weighted by molar-refractivity contribution is 6.30. The van der Waals surface area contributed by atoms with Crippen LogP contribution in [0.25, 0.3) is 5.69 Å². The number of rotatable bonds is 5. The number of hydrogen-bond acceptors (Lipinski definition) is 5. The highest BCUT2D eigenvalue weighted by atomic mass is 35.5. The normalized spacial score (nSPS) is 10.4. The van der Waals surface area contributed by atoms with Crippen LogP contribution in [-0.2, 0) is 0 Å². The summed E-state index contributed by atoms with van der Waals surface area (Å²) in [7, 11) is 1.52. The van der Waals surface area contributed by atoms with E-state index >= 15 is 0 Å². The van der Waals surface area contributed by atoms with Gasteiger partial charge >= 0.3 is 0 Å². The molecular formula is C26H35ClN2O4. The zero-order valence-electron chi connectivity index (χ0n) is 20.8. The first-order valence-corrected chi connectivity index (χ1v) is 11.2. The van der Waals surface area contributed by atoms with Gasteiger partial charge in [0.2, 0.25) is 0 Å². The molecule has 180 valence electrons. The fourth-order valence-electron chi connectivity index (χ4n) is 2.60. The van der Waals surface area contributed by atoms with Crippen LogP contribution < -0.4 is 15.0 Å². The number of aliphatic hydroxyl groups is 1. The minimum absolute atomic E-state index is 0.136. The number of aryl methyl sites for hydroxylation is 3. The van der Waals surface area contributed by atoms with Crippen molar-refractivity contribution in [3.63, 3.8) is 0 Å². The van der Waals surface area contributed by atoms with Crippen molar-refractivity contribution in [1.82, 2.24) is 9.55 Å². The van der Waals surface area contributed by atoms with Crippen LogP contribution in [0.15, 0.2) is 53.6 Å². The number of benzene rings is 2. The molecule has 7 heteroatoms. The number of hydrogen-bond donors (Lipinski definition) is 1. The molecule has 0 fully saturated rings. The lowest BCUT2D eigenvalue weighted by atomic mass is 10.1. The first kappa shape index (κ1) is 28.2. The number of ether oxygens (including phenoxy) is 2. The van der Waals surface area contributed by atoms with Gasteiger partial charge in [-0.2, -0.15) is 0 Å². The van der Waals surface area contributed by atoms with Crippen LogP contribution >= 0.6 is 11.6 Å². The fraction of sp³-hybridized carbons (Fsp3) is 0.385. The second-order valence-corrected chi connectivity index (χ2v) is 8.29. The van der Waals surface area contributed by atoms with Gasteiger partial charge in [0.15, 0.2) is 11.5 Å². The van der Waals surface area contributed by atoms with E-state index in [0.29, 0.717) is 22.9 Å². The van der Waals surface area contributed by atoms with E-state index in [4.69, 9.17) is 21.1 Å². The summed E-state index contributed by atoms with van der Waals surface area (Å²) >= 11 is 5.72. The molecule has 2 aromatic carbocycles. The zero-order chi connectivity index (χ0) is 25.2. The van der Waals surface area contributed by atoms with Crippen LogP contribution in [0.2, 0.25) is 5.02 Å². The first-order valence-electron chi connectivity index (χ1n) is 10.8. The maximum absolute atomic E-state index is 12.1. The highest BCUT2D eigenvalue weighted by Crippen LogP contribution is 2.29. The molecule has 0 aliphatic rings. The van der Waals surface area contributed by atoms with Crippen molar-refractivity contribution in [3.05, 3.63) is 81.0 Å². The maximum atomic E-state index is 12.1. The largest absolute Gasteiger partial charge is 0.493 e. The molecular weight excluding hydrogens is 440 g/mol. The Bertz CT molecular complexity index is 1090. The molecule has 1 heterocycles. The Hall–Kier alpha value is -2.83. The molecule has 0 unspecified atom stereocenters. The third-order valence-corrected chi connectivity index (χ3v) is 4.72. The Balaban J connectivity index is 0.000000412. The van der Waals surface area contributed by atoms with Gasteiger partial charge in [-0.05, 0) is 70.0 Å². The molecule has 0 saturated carbocycles. The molecule has 0 aliphatic carbocycles. The molecule has 0 amide bonds. The summed E-state index contributed by atoms with van der Waals surface area (Å²) in [5, 5.41) is 10.5. The number of aromatic nitrogens is 2. The minimum atomic E-state index is -0.942. The van der Waals surface area contributed by atoms with Gasteiger partial charge in [-0.1, -0.05) is 31.5 Å². The van der Waals surface area contributed by atoms with Crippen molar-refractivity contribution in [2.24, 2.45) is 0 Å². The molecule has 1 N–H and O–H groups in total. The van der Waals surface area contributed by atoms with Gasteiger partial charge in [0.1, 0.15) is 12.3 Å². The summed E-state index contributed by atoms with van der Waals surface area (Å²) in [5.74, 6) is 0.996. The molecule has 6 nitrogen and oxygen atoms in total. The van der Waals surface area contributed by atoms with Gasteiger partial charge < -0.3 is 14.6 Å². The van der Waals surface area contributed by atoms with Crippen LogP contribution in [0.4, 0.5) is 0 Å². The summed E-state index contributed by atoms with van der Waals surface area (Å²) in [6.07, 6.45) is 3.17. The SMILES string of the molecule is CC.COc1cc(-n2ccnc(C)c2=O)ccc1OCC(C)(C)O.Cc1ccc(Cl)cc1C. The van der Waals surface area contributed by atoms with E-state index in [-0.39, 0.29) is 12.2 Å².